The molecule has 0 amide bonds. The highest BCUT2D eigenvalue weighted by molar-refractivity contribution is 5.72. The van der Waals surface area contributed by atoms with Gasteiger partial charge in [0, 0.05) is 35.3 Å². The number of nitrogens with one attached hydrogen (secondary N) is 2. The molecule has 2 fully saturated rings. The zero-order valence-corrected chi connectivity index (χ0v) is 15.5. The minimum Gasteiger partial charge on any atom is -0.369 e. The second-order valence-corrected chi connectivity index (χ2v) is 8.59. The number of nitrogens with zero attached hydrogens (tertiary/aromatic N) is 2. The second-order valence-electron chi connectivity index (χ2n) is 8.59. The molecule has 2 aromatic carbocycles. The average Bonchev–Trinajstić information content (AvgIpc) is 2.67. The van der Waals surface area contributed by atoms with Gasteiger partial charge < -0.3 is 10.6 Å². The number of likely N-dealkylation sites (tertiary alicyclic amines) is 2. The minimum atomic E-state index is 0.105. The van der Waals surface area contributed by atoms with E-state index in [0.717, 1.165) is 13.1 Å². The normalized spacial score (nSPS) is 37.6. The predicted octanol–water partition coefficient (Wildman–Crippen LogP) is 3.04. The molecule has 0 spiro atoms. The van der Waals surface area contributed by atoms with Crippen molar-refractivity contribution in [2.24, 2.45) is 0 Å². The smallest absolute Gasteiger partial charge is 0.0901 e. The molecule has 6 rings (SSSR count). The summed E-state index contributed by atoms with van der Waals surface area (Å²) in [5.74, 6) is 0. The molecule has 2 aromatic rings. The first-order valence-electron chi connectivity index (χ1n) is 9.81. The maximum absolute atomic E-state index is 3.95. The first-order valence-corrected chi connectivity index (χ1v) is 9.81. The zero-order valence-electron chi connectivity index (χ0n) is 15.5. The molecule has 4 bridgehead atoms. The molecule has 0 aliphatic carbocycles. The van der Waals surface area contributed by atoms with Crippen molar-refractivity contribution in [3.63, 3.8) is 0 Å². The van der Waals surface area contributed by atoms with E-state index in [0.29, 0.717) is 12.3 Å². The van der Waals surface area contributed by atoms with Gasteiger partial charge in [-0.3, -0.25) is 9.80 Å². The summed E-state index contributed by atoms with van der Waals surface area (Å²) in [4.78, 5) is 5.11. The van der Waals surface area contributed by atoms with Crippen molar-refractivity contribution in [1.29, 1.82) is 0 Å². The van der Waals surface area contributed by atoms with E-state index in [1.807, 2.05) is 0 Å². The number of hydrogen-bond acceptors (Lipinski definition) is 4. The van der Waals surface area contributed by atoms with Gasteiger partial charge in [0.25, 0.3) is 0 Å². The third kappa shape index (κ3) is 1.47. The van der Waals surface area contributed by atoms with E-state index in [9.17, 15) is 0 Å². The fourth-order valence-electron chi connectivity index (χ4n) is 6.73. The number of benzene rings is 2. The van der Waals surface area contributed by atoms with Crippen LogP contribution in [0.5, 0.6) is 0 Å². The van der Waals surface area contributed by atoms with Crippen LogP contribution in [0.3, 0.4) is 0 Å². The molecule has 4 aliphatic rings. The molecule has 4 nitrogen and oxygen atoms in total. The van der Waals surface area contributed by atoms with E-state index in [1.165, 1.54) is 35.3 Å². The van der Waals surface area contributed by atoms with Crippen LogP contribution in [0, 0.1) is 0 Å². The van der Waals surface area contributed by atoms with Crippen molar-refractivity contribution in [2.45, 2.75) is 36.0 Å². The Morgan fingerprint density at radius 3 is 1.62 bits per heavy atom. The second kappa shape index (κ2) is 4.81. The van der Waals surface area contributed by atoms with Gasteiger partial charge in [0.15, 0.2) is 0 Å². The van der Waals surface area contributed by atoms with Crippen LogP contribution in [-0.4, -0.2) is 49.3 Å². The highest BCUT2D eigenvalue weighted by Gasteiger charge is 2.70. The Bertz CT molecular complexity index is 822. The van der Waals surface area contributed by atoms with Gasteiger partial charge in [-0.1, -0.05) is 36.4 Å². The lowest BCUT2D eigenvalue weighted by Gasteiger charge is -2.71. The van der Waals surface area contributed by atoms with E-state index < -0.39 is 0 Å². The molecule has 26 heavy (non-hydrogen) atoms. The van der Waals surface area contributed by atoms with Crippen molar-refractivity contribution in [3.05, 3.63) is 59.7 Å². The lowest BCUT2D eigenvalue weighted by molar-refractivity contribution is -0.0691. The molecule has 4 atom stereocenters. The SMILES string of the molecule is CN1CC[C@]23c4ccccc4NC1C21CCN(C)[C@@H]3Nc2ccccc21. The molecule has 0 radical (unpaired) electrons. The molecule has 2 saturated heterocycles. The number of anilines is 2. The van der Waals surface area contributed by atoms with Crippen LogP contribution >= 0.6 is 0 Å². The lowest BCUT2D eigenvalue weighted by Crippen LogP contribution is -2.80. The Morgan fingerprint density at radius 1 is 0.731 bits per heavy atom. The highest BCUT2D eigenvalue weighted by Crippen LogP contribution is 2.65. The van der Waals surface area contributed by atoms with Gasteiger partial charge in [-0.15, -0.1) is 0 Å². The van der Waals surface area contributed by atoms with Crippen molar-refractivity contribution in [2.75, 3.05) is 37.8 Å². The monoisotopic (exact) mass is 346 g/mol. The molecule has 0 aromatic heterocycles. The molecule has 2 N–H and O–H groups in total. The summed E-state index contributed by atoms with van der Waals surface area (Å²) in [5, 5.41) is 7.91. The molecule has 4 heteroatoms. The highest BCUT2D eigenvalue weighted by atomic mass is 15.4. The summed E-state index contributed by atoms with van der Waals surface area (Å²) in [6, 6.07) is 18.1. The summed E-state index contributed by atoms with van der Waals surface area (Å²) >= 11 is 0. The number of para-hydroxylation sites is 2. The van der Waals surface area contributed by atoms with Crippen molar-refractivity contribution in [3.8, 4) is 0 Å². The van der Waals surface area contributed by atoms with Crippen molar-refractivity contribution in [1.82, 2.24) is 9.80 Å². The van der Waals surface area contributed by atoms with E-state index in [1.54, 1.807) is 0 Å². The largest absolute Gasteiger partial charge is 0.369 e. The third-order valence-electron chi connectivity index (χ3n) is 7.73. The Morgan fingerprint density at radius 2 is 1.15 bits per heavy atom. The number of hydrogen-bond donors (Lipinski definition) is 2. The van der Waals surface area contributed by atoms with Crippen LogP contribution in [-0.2, 0) is 10.8 Å². The quantitative estimate of drug-likeness (QED) is 0.768. The Labute approximate surface area is 155 Å². The summed E-state index contributed by atoms with van der Waals surface area (Å²) < 4.78 is 0. The van der Waals surface area contributed by atoms with E-state index in [-0.39, 0.29) is 10.8 Å². The van der Waals surface area contributed by atoms with Gasteiger partial charge in [0.1, 0.15) is 0 Å². The zero-order chi connectivity index (χ0) is 17.5. The van der Waals surface area contributed by atoms with Crippen molar-refractivity contribution < 1.29 is 0 Å². The molecular formula is C22H26N4. The van der Waals surface area contributed by atoms with Gasteiger partial charge >= 0.3 is 0 Å². The van der Waals surface area contributed by atoms with Gasteiger partial charge in [-0.05, 0) is 50.2 Å². The maximum atomic E-state index is 3.95. The maximum Gasteiger partial charge on any atom is 0.0901 e. The molecule has 134 valence electrons. The molecule has 2 unspecified atom stereocenters. The Balaban J connectivity index is 1.75. The standard InChI is InChI=1S/C22H26N4/c1-25-13-11-22-16-8-4-5-9-17(16)23-19(25)21(22)12-14-26(2)20(22)24-18-10-6-3-7-15(18)21/h3-10,19-20,23-24H,11-14H2,1-2H3/t19-,20?,21+,22?/m0/s1. The summed E-state index contributed by atoms with van der Waals surface area (Å²) in [6.07, 6.45) is 3.06. The number of rotatable bonds is 0. The first-order chi connectivity index (χ1) is 12.7. The summed E-state index contributed by atoms with van der Waals surface area (Å²) in [5.41, 5.74) is 5.86. The Kier molecular flexibility index (Phi) is 2.79. The van der Waals surface area contributed by atoms with Crippen LogP contribution in [0.15, 0.2) is 48.5 Å². The number of fused-ring (bicyclic) bond motifs is 2. The fraction of sp³-hybridized carbons (Fsp3) is 0.455. The van der Waals surface area contributed by atoms with Crippen molar-refractivity contribution >= 4 is 11.4 Å². The first kappa shape index (κ1) is 15.1. The van der Waals surface area contributed by atoms with Gasteiger partial charge in [-0.25, -0.2) is 0 Å². The average molecular weight is 346 g/mol. The van der Waals surface area contributed by atoms with Gasteiger partial charge in [0.05, 0.1) is 12.3 Å². The van der Waals surface area contributed by atoms with Gasteiger partial charge in [0.2, 0.25) is 0 Å². The lowest BCUT2D eigenvalue weighted by atomic mass is 9.45. The predicted molar refractivity (Wildman–Crippen MR) is 106 cm³/mol. The fourth-order valence-corrected chi connectivity index (χ4v) is 6.73. The molecule has 0 saturated carbocycles. The number of likely N-dealkylation sites (N-methyl/N-ethyl adjacent to an activating group) is 2. The molecule has 4 aliphatic heterocycles. The summed E-state index contributed by atoms with van der Waals surface area (Å²) in [7, 11) is 4.59. The molecular weight excluding hydrogens is 320 g/mol. The van der Waals surface area contributed by atoms with Crippen LogP contribution in [0.1, 0.15) is 24.0 Å². The van der Waals surface area contributed by atoms with E-state index in [2.05, 4.69) is 83.1 Å². The van der Waals surface area contributed by atoms with E-state index in [4.69, 9.17) is 0 Å². The molecule has 4 heterocycles. The topological polar surface area (TPSA) is 30.5 Å². The van der Waals surface area contributed by atoms with Gasteiger partial charge in [-0.2, -0.15) is 0 Å². The minimum absolute atomic E-state index is 0.105. The Hall–Kier alpha value is -2.04. The summed E-state index contributed by atoms with van der Waals surface area (Å²) in [6.45, 7) is 2.25. The van der Waals surface area contributed by atoms with Crippen LogP contribution in [0.25, 0.3) is 0 Å². The third-order valence-corrected chi connectivity index (χ3v) is 7.73. The van der Waals surface area contributed by atoms with E-state index >= 15 is 0 Å². The van der Waals surface area contributed by atoms with Crippen LogP contribution in [0.2, 0.25) is 0 Å². The van der Waals surface area contributed by atoms with Crippen LogP contribution < -0.4 is 10.6 Å². The van der Waals surface area contributed by atoms with Crippen LogP contribution in [0.4, 0.5) is 11.4 Å². The number of piperidine rings is 2.